The van der Waals surface area contributed by atoms with E-state index in [1.807, 2.05) is 17.1 Å². The molecule has 0 amide bonds. The van der Waals surface area contributed by atoms with Crippen LogP contribution in [0.5, 0.6) is 0 Å². The molecule has 0 bridgehead atoms. The molecule has 29 heavy (non-hydrogen) atoms. The third-order valence-corrected chi connectivity index (χ3v) is 15.6. The molecular formula is C22H43BrO4Si2. The van der Waals surface area contributed by atoms with Gasteiger partial charge >= 0.3 is 5.97 Å². The summed E-state index contributed by atoms with van der Waals surface area (Å²) in [4.78, 5) is 13.3. The van der Waals surface area contributed by atoms with Crippen LogP contribution in [0.2, 0.25) is 36.3 Å². The Balaban J connectivity index is 5.67. The summed E-state index contributed by atoms with van der Waals surface area (Å²) >= 11 is 3.31. The summed E-state index contributed by atoms with van der Waals surface area (Å²) in [6, 6.07) is 3.19. The fourth-order valence-electron chi connectivity index (χ4n) is 2.92. The van der Waals surface area contributed by atoms with E-state index < -0.39 is 16.6 Å². The predicted octanol–water partition coefficient (Wildman–Crippen LogP) is 7.19. The summed E-state index contributed by atoms with van der Waals surface area (Å²) in [7, 11) is -3.80. The molecule has 2 atom stereocenters. The lowest BCUT2D eigenvalue weighted by atomic mass is 10.1. The molecule has 0 aliphatic heterocycles. The summed E-state index contributed by atoms with van der Waals surface area (Å²) in [5.74, 6) is -0.269. The number of allylic oxidation sites excluding steroid dienone is 2. The van der Waals surface area contributed by atoms with Crippen molar-refractivity contribution in [2.75, 3.05) is 6.61 Å². The minimum atomic E-state index is -1.96. The second-order valence-electron chi connectivity index (χ2n) is 9.14. The molecule has 0 aliphatic rings. The van der Waals surface area contributed by atoms with Gasteiger partial charge in [-0.1, -0.05) is 75.7 Å². The molecule has 0 rings (SSSR count). The second kappa shape index (κ2) is 13.3. The van der Waals surface area contributed by atoms with Gasteiger partial charge in [-0.3, -0.25) is 4.79 Å². The fraction of sp³-hybridized carbons (Fsp3) is 0.773. The molecule has 0 aliphatic carbocycles. The molecule has 0 aromatic heterocycles. The standard InChI is InChI=1S/C22H43BrO4Si2/c1-10-29(11-2,12-3)27-21(18-25-19(4)24)17-20(15-13-14-16-23)26-28(8,9)22(5,6)7/h13-16,20-21H,10-12,17-18H2,1-9H3/b15-13-,16-14-/t20-,21+/m0/s1. The minimum absolute atomic E-state index is 0.0857. The monoisotopic (exact) mass is 506 g/mol. The lowest BCUT2D eigenvalue weighted by molar-refractivity contribution is -0.143. The number of esters is 1. The Hall–Kier alpha value is -0.216. The van der Waals surface area contributed by atoms with Gasteiger partial charge in [-0.2, -0.15) is 0 Å². The molecule has 4 nitrogen and oxygen atoms in total. The zero-order valence-corrected chi connectivity index (χ0v) is 23.6. The van der Waals surface area contributed by atoms with Crippen LogP contribution >= 0.6 is 15.9 Å². The zero-order chi connectivity index (χ0) is 22.7. The van der Waals surface area contributed by atoms with Gasteiger partial charge in [0.15, 0.2) is 16.6 Å². The molecule has 0 radical (unpaired) electrons. The molecule has 0 heterocycles. The first-order valence-corrected chi connectivity index (χ1v) is 17.1. The molecular weight excluding hydrogens is 464 g/mol. The number of halogens is 1. The van der Waals surface area contributed by atoms with Crippen LogP contribution in [0.1, 0.15) is 54.9 Å². The van der Waals surface area contributed by atoms with Crippen LogP contribution in [0.4, 0.5) is 0 Å². The quantitative estimate of drug-likeness (QED) is 0.150. The van der Waals surface area contributed by atoms with E-state index in [2.05, 4.69) is 76.6 Å². The van der Waals surface area contributed by atoms with Crippen molar-refractivity contribution in [2.45, 2.75) is 103 Å². The van der Waals surface area contributed by atoms with Crippen LogP contribution in [0.15, 0.2) is 23.2 Å². The summed E-state index contributed by atoms with van der Waals surface area (Å²) in [5.41, 5.74) is 0. The van der Waals surface area contributed by atoms with Crippen molar-refractivity contribution in [3.63, 3.8) is 0 Å². The van der Waals surface area contributed by atoms with Crippen molar-refractivity contribution >= 4 is 38.5 Å². The highest BCUT2D eigenvalue weighted by atomic mass is 79.9. The molecule has 0 aromatic carbocycles. The summed E-state index contributed by atoms with van der Waals surface area (Å²) in [5, 5.41) is 0.116. The first-order valence-electron chi connectivity index (χ1n) is 10.8. The number of hydrogen-bond donors (Lipinski definition) is 0. The van der Waals surface area contributed by atoms with Gasteiger partial charge in [-0.15, -0.1) is 0 Å². The van der Waals surface area contributed by atoms with Crippen LogP contribution < -0.4 is 0 Å². The van der Waals surface area contributed by atoms with Gasteiger partial charge in [0.25, 0.3) is 0 Å². The van der Waals surface area contributed by atoms with Crippen molar-refractivity contribution in [3.8, 4) is 0 Å². The summed E-state index contributed by atoms with van der Waals surface area (Å²) < 4.78 is 18.8. The van der Waals surface area contributed by atoms with Gasteiger partial charge in [-0.05, 0) is 41.2 Å². The van der Waals surface area contributed by atoms with Gasteiger partial charge in [0, 0.05) is 13.3 Å². The van der Waals surface area contributed by atoms with E-state index in [1.54, 1.807) is 0 Å². The Morgan fingerprint density at radius 2 is 1.59 bits per heavy atom. The molecule has 7 heteroatoms. The number of ether oxygens (including phenoxy) is 1. The van der Waals surface area contributed by atoms with E-state index in [4.69, 9.17) is 13.6 Å². The molecule has 0 aromatic rings. The topological polar surface area (TPSA) is 44.8 Å². The third-order valence-electron chi connectivity index (χ3n) is 6.08. The molecule has 170 valence electrons. The van der Waals surface area contributed by atoms with Crippen LogP contribution in [-0.4, -0.2) is 41.4 Å². The Kier molecular flexibility index (Phi) is 13.2. The smallest absolute Gasteiger partial charge is 0.302 e. The lowest BCUT2D eigenvalue weighted by Crippen LogP contribution is -2.46. The van der Waals surface area contributed by atoms with E-state index in [0.717, 1.165) is 18.1 Å². The normalized spacial score (nSPS) is 15.8. The van der Waals surface area contributed by atoms with Gasteiger partial charge in [0.1, 0.15) is 6.61 Å². The predicted molar refractivity (Wildman–Crippen MR) is 133 cm³/mol. The van der Waals surface area contributed by atoms with E-state index in [0.29, 0.717) is 6.42 Å². The van der Waals surface area contributed by atoms with Gasteiger partial charge < -0.3 is 13.6 Å². The van der Waals surface area contributed by atoms with Gasteiger partial charge in [0.2, 0.25) is 0 Å². The summed E-state index contributed by atoms with van der Waals surface area (Å²) in [6.07, 6.45) is 6.47. The van der Waals surface area contributed by atoms with E-state index in [9.17, 15) is 4.79 Å². The minimum Gasteiger partial charge on any atom is -0.463 e. The van der Waals surface area contributed by atoms with Gasteiger partial charge in [0.05, 0.1) is 12.2 Å². The Labute approximate surface area is 189 Å². The van der Waals surface area contributed by atoms with E-state index in [1.165, 1.54) is 6.92 Å². The number of carbonyl (C=O) groups excluding carboxylic acids is 1. The maximum atomic E-state index is 11.5. The third kappa shape index (κ3) is 10.6. The molecule has 0 fully saturated rings. The zero-order valence-electron chi connectivity index (χ0n) is 20.0. The van der Waals surface area contributed by atoms with E-state index >= 15 is 0 Å². The SMILES string of the molecule is CC[Si](CC)(CC)O[C@@H](COC(C)=O)C[C@H](/C=C\C=C/Br)O[Si](C)(C)C(C)(C)C. The molecule has 0 saturated carbocycles. The highest BCUT2D eigenvalue weighted by molar-refractivity contribution is 9.11. The Morgan fingerprint density at radius 1 is 1.03 bits per heavy atom. The lowest BCUT2D eigenvalue weighted by Gasteiger charge is -2.40. The van der Waals surface area contributed by atoms with Crippen molar-refractivity contribution < 1.29 is 18.4 Å². The van der Waals surface area contributed by atoms with Crippen LogP contribution in [0.25, 0.3) is 0 Å². The van der Waals surface area contributed by atoms with Crippen molar-refractivity contribution in [2.24, 2.45) is 0 Å². The largest absolute Gasteiger partial charge is 0.463 e. The molecule has 0 spiro atoms. The fourth-order valence-corrected chi connectivity index (χ4v) is 7.26. The highest BCUT2D eigenvalue weighted by Crippen LogP contribution is 2.38. The number of carbonyl (C=O) groups is 1. The average Bonchev–Trinajstić information content (AvgIpc) is 2.63. The first kappa shape index (κ1) is 28.8. The summed E-state index contributed by atoms with van der Waals surface area (Å²) in [6.45, 7) is 19.6. The van der Waals surface area contributed by atoms with Crippen LogP contribution in [-0.2, 0) is 18.4 Å². The number of hydrogen-bond acceptors (Lipinski definition) is 4. The Morgan fingerprint density at radius 3 is 2.00 bits per heavy atom. The highest BCUT2D eigenvalue weighted by Gasteiger charge is 2.40. The van der Waals surface area contributed by atoms with Crippen molar-refractivity contribution in [3.05, 3.63) is 23.2 Å². The Bertz CT molecular complexity index is 529. The van der Waals surface area contributed by atoms with Crippen molar-refractivity contribution in [1.82, 2.24) is 0 Å². The van der Waals surface area contributed by atoms with Crippen LogP contribution in [0, 0.1) is 0 Å². The number of rotatable bonds is 13. The molecule has 0 saturated heterocycles. The maximum Gasteiger partial charge on any atom is 0.302 e. The van der Waals surface area contributed by atoms with Crippen molar-refractivity contribution in [1.29, 1.82) is 0 Å². The second-order valence-corrected chi connectivity index (χ2v) is 19.1. The maximum absolute atomic E-state index is 11.5. The average molecular weight is 508 g/mol. The van der Waals surface area contributed by atoms with Crippen LogP contribution in [0.3, 0.4) is 0 Å². The van der Waals surface area contributed by atoms with Gasteiger partial charge in [-0.25, -0.2) is 0 Å². The molecule has 0 unspecified atom stereocenters. The first-order chi connectivity index (χ1) is 13.4. The van der Waals surface area contributed by atoms with E-state index in [-0.39, 0.29) is 29.8 Å². The molecule has 0 N–H and O–H groups in total.